The Labute approximate surface area is 207 Å². The Morgan fingerprint density at radius 3 is 2.50 bits per heavy atom. The highest BCUT2D eigenvalue weighted by Crippen LogP contribution is 2.35. The Balaban J connectivity index is 1.45. The molecule has 0 spiro atoms. The Morgan fingerprint density at radius 2 is 1.86 bits per heavy atom. The minimum atomic E-state index is -4.45. The van der Waals surface area contributed by atoms with Crippen LogP contribution >= 0.6 is 0 Å². The molecule has 2 N–H and O–H groups in total. The van der Waals surface area contributed by atoms with Gasteiger partial charge in [0.05, 0.1) is 17.2 Å². The molecule has 4 rings (SSSR count). The number of aromatic carboxylic acids is 1. The van der Waals surface area contributed by atoms with Crippen molar-refractivity contribution in [2.45, 2.75) is 50.0 Å². The second kappa shape index (κ2) is 10.5. The molecule has 0 radical (unpaired) electrons. The van der Waals surface area contributed by atoms with E-state index in [2.05, 4.69) is 10.2 Å². The summed E-state index contributed by atoms with van der Waals surface area (Å²) in [4.78, 5) is 26.8. The van der Waals surface area contributed by atoms with Gasteiger partial charge in [-0.3, -0.25) is 9.69 Å². The molecule has 2 heterocycles. The van der Waals surface area contributed by atoms with Crippen LogP contribution in [0, 0.1) is 0 Å². The van der Waals surface area contributed by atoms with Crippen molar-refractivity contribution in [2.75, 3.05) is 26.3 Å². The van der Waals surface area contributed by atoms with Crippen molar-refractivity contribution >= 4 is 11.9 Å². The topological polar surface area (TPSA) is 88.1 Å². The van der Waals surface area contributed by atoms with Crippen molar-refractivity contribution in [2.24, 2.45) is 0 Å². The lowest BCUT2D eigenvalue weighted by atomic mass is 9.86. The van der Waals surface area contributed by atoms with Gasteiger partial charge in [0.1, 0.15) is 17.4 Å². The zero-order valence-corrected chi connectivity index (χ0v) is 19.9. The van der Waals surface area contributed by atoms with Crippen molar-refractivity contribution in [3.8, 4) is 5.75 Å². The molecule has 2 aromatic carbocycles. The maximum atomic E-state index is 13.6. The second-order valence-corrected chi connectivity index (χ2v) is 9.27. The Hall–Kier alpha value is -3.11. The number of nitrogens with zero attached hydrogens (tertiary/aromatic N) is 1. The van der Waals surface area contributed by atoms with Crippen LogP contribution in [0.3, 0.4) is 0 Å². The minimum absolute atomic E-state index is 0.152. The molecular weight excluding hydrogens is 477 g/mol. The molecule has 10 heteroatoms. The average molecular weight is 507 g/mol. The number of ether oxygens (including phenoxy) is 2. The Kier molecular flexibility index (Phi) is 7.56. The molecule has 0 aromatic heterocycles. The number of amides is 1. The predicted octanol–water partition coefficient (Wildman–Crippen LogP) is 4.28. The lowest BCUT2D eigenvalue weighted by molar-refractivity contribution is -0.141. The number of nitrogens with one attached hydrogen (secondary N) is 1. The van der Waals surface area contributed by atoms with E-state index in [0.29, 0.717) is 45.6 Å². The number of benzene rings is 2. The number of halogens is 3. The maximum Gasteiger partial charge on any atom is 0.416 e. The van der Waals surface area contributed by atoms with E-state index < -0.39 is 23.2 Å². The lowest BCUT2D eigenvalue weighted by Crippen LogP contribution is -2.61. The zero-order valence-electron chi connectivity index (χ0n) is 19.9. The van der Waals surface area contributed by atoms with Crippen LogP contribution in [0.2, 0.25) is 0 Å². The first-order valence-corrected chi connectivity index (χ1v) is 11.9. The summed E-state index contributed by atoms with van der Waals surface area (Å²) in [6.45, 7) is 3.66. The fourth-order valence-electron chi connectivity index (χ4n) is 4.88. The van der Waals surface area contributed by atoms with Gasteiger partial charge in [-0.05, 0) is 62.1 Å². The van der Waals surface area contributed by atoms with E-state index >= 15 is 0 Å². The van der Waals surface area contributed by atoms with Gasteiger partial charge in [0, 0.05) is 26.3 Å². The monoisotopic (exact) mass is 506 g/mol. The molecular formula is C26H29F3N2O5. The van der Waals surface area contributed by atoms with Gasteiger partial charge >= 0.3 is 12.1 Å². The van der Waals surface area contributed by atoms with E-state index in [9.17, 15) is 22.8 Å². The van der Waals surface area contributed by atoms with E-state index in [0.717, 1.165) is 17.7 Å². The molecule has 2 aliphatic heterocycles. The van der Waals surface area contributed by atoms with E-state index in [4.69, 9.17) is 14.6 Å². The van der Waals surface area contributed by atoms with Gasteiger partial charge in [0.15, 0.2) is 0 Å². The van der Waals surface area contributed by atoms with Gasteiger partial charge in [0.25, 0.3) is 0 Å². The van der Waals surface area contributed by atoms with Crippen molar-refractivity contribution in [1.82, 2.24) is 10.2 Å². The molecule has 2 fully saturated rings. The quantitative estimate of drug-likeness (QED) is 0.583. The summed E-state index contributed by atoms with van der Waals surface area (Å²) in [6, 6.07) is 10.8. The smallest absolute Gasteiger partial charge is 0.416 e. The highest BCUT2D eigenvalue weighted by atomic mass is 19.4. The van der Waals surface area contributed by atoms with Crippen LogP contribution < -0.4 is 10.1 Å². The number of carbonyl (C=O) groups is 2. The van der Waals surface area contributed by atoms with Gasteiger partial charge in [-0.25, -0.2) is 4.79 Å². The van der Waals surface area contributed by atoms with Crippen molar-refractivity contribution in [3.63, 3.8) is 0 Å². The predicted molar refractivity (Wildman–Crippen MR) is 125 cm³/mol. The minimum Gasteiger partial charge on any atom is -0.489 e. The summed E-state index contributed by atoms with van der Waals surface area (Å²) in [7, 11) is 0. The van der Waals surface area contributed by atoms with Crippen LogP contribution in [0.15, 0.2) is 48.5 Å². The van der Waals surface area contributed by atoms with Crippen LogP contribution in [-0.4, -0.2) is 59.8 Å². The van der Waals surface area contributed by atoms with Crippen LogP contribution in [-0.2, 0) is 15.7 Å². The third kappa shape index (κ3) is 5.65. The number of carbonyl (C=O) groups excluding carboxylic acids is 1. The third-order valence-corrected chi connectivity index (χ3v) is 6.96. The number of alkyl halides is 3. The number of carboxylic acid groups (broad SMARTS) is 1. The first-order chi connectivity index (χ1) is 17.1. The summed E-state index contributed by atoms with van der Waals surface area (Å²) in [5.74, 6) is -1.02. The number of likely N-dealkylation sites (tertiary alicyclic amines) is 1. The Morgan fingerprint density at radius 1 is 1.17 bits per heavy atom. The number of carboxylic acids is 1. The normalized spacial score (nSPS) is 21.1. The van der Waals surface area contributed by atoms with Gasteiger partial charge < -0.3 is 19.9 Å². The van der Waals surface area contributed by atoms with Crippen molar-refractivity contribution < 1.29 is 37.3 Å². The summed E-state index contributed by atoms with van der Waals surface area (Å²) in [5.41, 5.74) is -0.635. The molecule has 0 bridgehead atoms. The standard InChI is InChI=1S/C26H29F3N2O5/c1-17(18-5-7-19(8-6-18)23(32)33)30-24(34)25(10-13-35-14-11-25)31-12-9-22(16-31)36-21-4-2-3-20(15-21)26(27,28)29/h2-8,15,17,22H,9-14,16H2,1H3,(H,30,34)(H,32,33)/t17-,22+/m0/s1. The third-order valence-electron chi connectivity index (χ3n) is 6.96. The first kappa shape index (κ1) is 26.0. The summed E-state index contributed by atoms with van der Waals surface area (Å²) in [5, 5.41) is 12.2. The largest absolute Gasteiger partial charge is 0.489 e. The second-order valence-electron chi connectivity index (χ2n) is 9.27. The van der Waals surface area contributed by atoms with E-state index in [-0.39, 0.29) is 29.4 Å². The molecule has 2 atom stereocenters. The summed E-state index contributed by atoms with van der Waals surface area (Å²) in [6.07, 6.45) is -3.24. The lowest BCUT2D eigenvalue weighted by Gasteiger charge is -2.43. The first-order valence-electron chi connectivity index (χ1n) is 11.9. The van der Waals surface area contributed by atoms with Crippen LogP contribution in [0.4, 0.5) is 13.2 Å². The number of hydrogen-bond acceptors (Lipinski definition) is 5. The fraction of sp³-hybridized carbons (Fsp3) is 0.462. The van der Waals surface area contributed by atoms with Gasteiger partial charge in [-0.1, -0.05) is 18.2 Å². The van der Waals surface area contributed by atoms with E-state index in [1.807, 2.05) is 6.92 Å². The highest BCUT2D eigenvalue weighted by Gasteiger charge is 2.48. The van der Waals surface area contributed by atoms with E-state index in [1.165, 1.54) is 24.3 Å². The van der Waals surface area contributed by atoms with Crippen LogP contribution in [0.5, 0.6) is 5.75 Å². The highest BCUT2D eigenvalue weighted by molar-refractivity contribution is 5.88. The molecule has 1 amide bonds. The number of hydrogen-bond donors (Lipinski definition) is 2. The van der Waals surface area contributed by atoms with E-state index in [1.54, 1.807) is 12.1 Å². The summed E-state index contributed by atoms with van der Waals surface area (Å²) >= 11 is 0. The molecule has 7 nitrogen and oxygen atoms in total. The van der Waals surface area contributed by atoms with Crippen molar-refractivity contribution in [3.05, 3.63) is 65.2 Å². The zero-order chi connectivity index (χ0) is 25.9. The van der Waals surface area contributed by atoms with Gasteiger partial charge in [-0.15, -0.1) is 0 Å². The molecule has 0 unspecified atom stereocenters. The molecule has 2 aromatic rings. The Bertz CT molecular complexity index is 1080. The molecule has 0 aliphatic carbocycles. The maximum absolute atomic E-state index is 13.6. The average Bonchev–Trinajstić information content (AvgIpc) is 3.33. The van der Waals surface area contributed by atoms with Gasteiger partial charge in [0.2, 0.25) is 5.91 Å². The van der Waals surface area contributed by atoms with Crippen LogP contribution in [0.25, 0.3) is 0 Å². The SMILES string of the molecule is C[C@H](NC(=O)C1(N2CC[C@@H](Oc3cccc(C(F)(F)F)c3)C2)CCOCC1)c1ccc(C(=O)O)cc1. The van der Waals surface area contributed by atoms with Crippen molar-refractivity contribution in [1.29, 1.82) is 0 Å². The molecule has 0 saturated carbocycles. The molecule has 2 aliphatic rings. The fourth-order valence-corrected chi connectivity index (χ4v) is 4.88. The van der Waals surface area contributed by atoms with Gasteiger partial charge in [-0.2, -0.15) is 13.2 Å². The molecule has 36 heavy (non-hydrogen) atoms. The summed E-state index contributed by atoms with van der Waals surface area (Å²) < 4.78 is 50.6. The number of rotatable bonds is 7. The molecule has 194 valence electrons. The molecule has 2 saturated heterocycles. The van der Waals surface area contributed by atoms with Crippen LogP contribution in [0.1, 0.15) is 53.7 Å².